The maximum atomic E-state index is 11.3. The molecule has 0 amide bonds. The smallest absolute Gasteiger partial charge is 0.335 e. The Morgan fingerprint density at radius 1 is 1.12 bits per heavy atom. The molecule has 0 aliphatic heterocycles. The molecule has 0 saturated carbocycles. The molecular formula is C18H16Cl2N2O3. The average Bonchev–Trinajstić information content (AvgIpc) is 2.62. The number of halogens is 2. The number of hydrogen-bond acceptors (Lipinski definition) is 4. The molecule has 0 radical (unpaired) electrons. The summed E-state index contributed by atoms with van der Waals surface area (Å²) in [5.74, 6) is -0.607. The van der Waals surface area contributed by atoms with Crippen molar-refractivity contribution in [2.75, 3.05) is 14.2 Å². The number of carboxylic acid groups (broad SMARTS) is 1. The van der Waals surface area contributed by atoms with Crippen LogP contribution in [0.15, 0.2) is 42.5 Å². The van der Waals surface area contributed by atoms with E-state index < -0.39 is 5.97 Å². The van der Waals surface area contributed by atoms with Gasteiger partial charge in [-0.2, -0.15) is 0 Å². The first kappa shape index (κ1) is 19.0. The van der Waals surface area contributed by atoms with Gasteiger partial charge in [-0.25, -0.2) is 9.78 Å². The number of carbonyl (C=O) groups is 1. The monoisotopic (exact) mass is 378 g/mol. The summed E-state index contributed by atoms with van der Waals surface area (Å²) in [6, 6.07) is 11.6. The first-order valence-corrected chi connectivity index (χ1v) is 8.00. The summed E-state index contributed by atoms with van der Waals surface area (Å²) in [6.07, 6.45) is 0. The van der Waals surface area contributed by atoms with E-state index in [1.54, 1.807) is 30.3 Å². The van der Waals surface area contributed by atoms with Crippen LogP contribution in [0.4, 0.5) is 0 Å². The summed E-state index contributed by atoms with van der Waals surface area (Å²) in [6.45, 7) is 0. The Bertz CT molecular complexity index is 930. The molecule has 130 valence electrons. The third-order valence-corrected chi connectivity index (χ3v) is 3.95. The summed E-state index contributed by atoms with van der Waals surface area (Å²) < 4.78 is 5.16. The topological polar surface area (TPSA) is 85.4 Å². The van der Waals surface area contributed by atoms with Crippen molar-refractivity contribution in [3.63, 3.8) is 0 Å². The second-order valence-electron chi connectivity index (χ2n) is 4.91. The van der Waals surface area contributed by atoms with Crippen molar-refractivity contribution in [1.82, 2.24) is 4.98 Å². The number of aromatic carboxylic acids is 1. The highest BCUT2D eigenvalue weighted by atomic mass is 35.5. The second kappa shape index (κ2) is 8.16. The number of aromatic nitrogens is 1. The van der Waals surface area contributed by atoms with Gasteiger partial charge < -0.3 is 15.6 Å². The number of benzene rings is 2. The van der Waals surface area contributed by atoms with E-state index in [1.807, 2.05) is 0 Å². The van der Waals surface area contributed by atoms with E-state index >= 15 is 0 Å². The van der Waals surface area contributed by atoms with Crippen molar-refractivity contribution in [3.8, 4) is 17.0 Å². The van der Waals surface area contributed by atoms with Crippen molar-refractivity contribution < 1.29 is 14.6 Å². The molecule has 5 nitrogen and oxygen atoms in total. The molecule has 3 rings (SSSR count). The third kappa shape index (κ3) is 4.20. The predicted molar refractivity (Wildman–Crippen MR) is 101 cm³/mol. The molecule has 0 bridgehead atoms. The van der Waals surface area contributed by atoms with Crippen LogP contribution in [0.5, 0.6) is 5.75 Å². The molecule has 7 heteroatoms. The predicted octanol–water partition coefficient (Wildman–Crippen LogP) is 4.49. The van der Waals surface area contributed by atoms with Gasteiger partial charge >= 0.3 is 5.97 Å². The van der Waals surface area contributed by atoms with Crippen LogP contribution < -0.4 is 10.5 Å². The Labute approximate surface area is 155 Å². The van der Waals surface area contributed by atoms with Crippen LogP contribution in [0, 0.1) is 0 Å². The fraction of sp³-hybridized carbons (Fsp3) is 0.111. The highest BCUT2D eigenvalue weighted by Gasteiger charge is 2.12. The van der Waals surface area contributed by atoms with E-state index in [0.29, 0.717) is 32.6 Å². The molecular weight excluding hydrogens is 363 g/mol. The van der Waals surface area contributed by atoms with Gasteiger partial charge in [0.25, 0.3) is 0 Å². The van der Waals surface area contributed by atoms with Crippen LogP contribution in [0.1, 0.15) is 10.4 Å². The zero-order chi connectivity index (χ0) is 18.6. The Balaban J connectivity index is 0.00000109. The van der Waals surface area contributed by atoms with Crippen LogP contribution in [0.3, 0.4) is 0 Å². The molecule has 0 fully saturated rings. The van der Waals surface area contributed by atoms with Crippen LogP contribution in [0.2, 0.25) is 10.0 Å². The number of nitrogens with two attached hydrogens (primary N) is 1. The van der Waals surface area contributed by atoms with Gasteiger partial charge in [0, 0.05) is 16.0 Å². The van der Waals surface area contributed by atoms with Gasteiger partial charge in [-0.1, -0.05) is 23.2 Å². The maximum Gasteiger partial charge on any atom is 0.335 e. The summed E-state index contributed by atoms with van der Waals surface area (Å²) in [5, 5.41) is 11.1. The molecule has 0 aliphatic rings. The zero-order valence-corrected chi connectivity index (χ0v) is 15.1. The van der Waals surface area contributed by atoms with E-state index in [0.717, 1.165) is 5.39 Å². The summed E-state index contributed by atoms with van der Waals surface area (Å²) >= 11 is 12.3. The molecule has 0 aliphatic carbocycles. The van der Waals surface area contributed by atoms with Gasteiger partial charge in [0.2, 0.25) is 0 Å². The van der Waals surface area contributed by atoms with E-state index in [9.17, 15) is 9.90 Å². The van der Waals surface area contributed by atoms with E-state index in [-0.39, 0.29) is 5.56 Å². The van der Waals surface area contributed by atoms with Crippen LogP contribution >= 0.6 is 23.2 Å². The Kier molecular flexibility index (Phi) is 6.20. The minimum atomic E-state index is -1.04. The first-order valence-electron chi connectivity index (χ1n) is 7.24. The van der Waals surface area contributed by atoms with Crippen molar-refractivity contribution in [2.45, 2.75) is 0 Å². The molecule has 0 spiro atoms. The van der Waals surface area contributed by atoms with Crippen molar-refractivity contribution >= 4 is 40.1 Å². The standard InChI is InChI=1S/C17H11Cl2NO3.CH5N/c1-23-12-5-9(4-10(6-12)17(21)22)15-8-14(19)13-3-2-11(18)7-16(13)20-15;1-2/h2-8H,1H3,(H,21,22);2H2,1H3. The zero-order valence-electron chi connectivity index (χ0n) is 13.6. The molecule has 1 heterocycles. The number of hydrogen-bond donors (Lipinski definition) is 2. The summed E-state index contributed by atoms with van der Waals surface area (Å²) in [4.78, 5) is 15.8. The van der Waals surface area contributed by atoms with Gasteiger partial charge in [0.05, 0.1) is 28.9 Å². The molecule has 25 heavy (non-hydrogen) atoms. The van der Waals surface area contributed by atoms with E-state index in [4.69, 9.17) is 27.9 Å². The van der Waals surface area contributed by atoms with E-state index in [2.05, 4.69) is 10.7 Å². The largest absolute Gasteiger partial charge is 0.497 e. The third-order valence-electron chi connectivity index (χ3n) is 3.41. The lowest BCUT2D eigenvalue weighted by Gasteiger charge is -2.09. The number of ether oxygens (including phenoxy) is 1. The van der Waals surface area contributed by atoms with Crippen LogP contribution in [-0.2, 0) is 0 Å². The Morgan fingerprint density at radius 3 is 2.48 bits per heavy atom. The fourth-order valence-corrected chi connectivity index (χ4v) is 2.72. The number of pyridine rings is 1. The maximum absolute atomic E-state index is 11.3. The SMILES string of the molecule is CN.COc1cc(C(=O)O)cc(-c2cc(Cl)c3ccc(Cl)cc3n2)c1. The molecule has 1 aromatic heterocycles. The van der Waals surface area contributed by atoms with E-state index in [1.165, 1.54) is 26.3 Å². The molecule has 0 saturated heterocycles. The highest BCUT2D eigenvalue weighted by molar-refractivity contribution is 6.36. The van der Waals surface area contributed by atoms with Crippen molar-refractivity contribution in [1.29, 1.82) is 0 Å². The summed E-state index contributed by atoms with van der Waals surface area (Å²) in [7, 11) is 2.98. The molecule has 0 unspecified atom stereocenters. The van der Waals surface area contributed by atoms with Gasteiger partial charge in [0.15, 0.2) is 0 Å². The first-order chi connectivity index (χ1) is 12.0. The number of rotatable bonds is 3. The van der Waals surface area contributed by atoms with Gasteiger partial charge in [0.1, 0.15) is 5.75 Å². The second-order valence-corrected chi connectivity index (χ2v) is 5.75. The number of methoxy groups -OCH3 is 1. The van der Waals surface area contributed by atoms with Gasteiger partial charge in [-0.3, -0.25) is 0 Å². The normalized spacial score (nSPS) is 10.1. The van der Waals surface area contributed by atoms with Crippen LogP contribution in [0.25, 0.3) is 22.2 Å². The lowest BCUT2D eigenvalue weighted by atomic mass is 10.1. The summed E-state index contributed by atoms with van der Waals surface area (Å²) in [5.41, 5.74) is 6.40. The Morgan fingerprint density at radius 2 is 1.84 bits per heavy atom. The van der Waals surface area contributed by atoms with Gasteiger partial charge in [-0.05, 0) is 49.5 Å². The molecule has 0 atom stereocenters. The number of nitrogens with zero attached hydrogens (tertiary/aromatic N) is 1. The fourth-order valence-electron chi connectivity index (χ4n) is 2.30. The lowest BCUT2D eigenvalue weighted by Crippen LogP contribution is -1.98. The molecule has 3 aromatic rings. The van der Waals surface area contributed by atoms with Crippen LogP contribution in [-0.4, -0.2) is 30.2 Å². The average molecular weight is 379 g/mol. The quantitative estimate of drug-likeness (QED) is 0.700. The van der Waals surface area contributed by atoms with Gasteiger partial charge in [-0.15, -0.1) is 0 Å². The number of fused-ring (bicyclic) bond motifs is 1. The van der Waals surface area contributed by atoms with Crippen molar-refractivity contribution in [3.05, 3.63) is 58.1 Å². The van der Waals surface area contributed by atoms with Crippen molar-refractivity contribution in [2.24, 2.45) is 5.73 Å². The highest BCUT2D eigenvalue weighted by Crippen LogP contribution is 2.31. The molecule has 2 aromatic carbocycles. The Hall–Kier alpha value is -2.34. The minimum absolute atomic E-state index is 0.114. The number of carboxylic acids is 1. The minimum Gasteiger partial charge on any atom is -0.497 e. The molecule has 3 N–H and O–H groups in total. The lowest BCUT2D eigenvalue weighted by molar-refractivity contribution is 0.0696.